The number of aliphatic hydroxyl groups is 1. The van der Waals surface area contributed by atoms with E-state index in [1.165, 1.54) is 12.2 Å². The predicted octanol–water partition coefficient (Wildman–Crippen LogP) is 0.605. The van der Waals surface area contributed by atoms with Crippen molar-refractivity contribution in [3.63, 3.8) is 0 Å². The Bertz CT molecular complexity index is 323. The van der Waals surface area contributed by atoms with Crippen LogP contribution in [-0.4, -0.2) is 41.8 Å². The Hall–Kier alpha value is -1.20. The van der Waals surface area contributed by atoms with E-state index in [-0.39, 0.29) is 25.2 Å². The Morgan fingerprint density at radius 2 is 2.24 bits per heavy atom. The van der Waals surface area contributed by atoms with Crippen molar-refractivity contribution in [2.75, 3.05) is 13.2 Å². The van der Waals surface area contributed by atoms with Crippen LogP contribution in [0.3, 0.4) is 0 Å². The number of esters is 1. The number of rotatable bonds is 5. The molecule has 0 radical (unpaired) electrons. The number of ketones is 1. The van der Waals surface area contributed by atoms with Crippen LogP contribution in [0.4, 0.5) is 0 Å². The molecule has 0 aromatic rings. The van der Waals surface area contributed by atoms with Gasteiger partial charge in [-0.3, -0.25) is 9.59 Å². The maximum absolute atomic E-state index is 11.4. The highest BCUT2D eigenvalue weighted by atomic mass is 16.5. The molecule has 1 aliphatic rings. The lowest BCUT2D eigenvalue weighted by atomic mass is 9.84. The molecule has 0 saturated heterocycles. The lowest BCUT2D eigenvalue weighted by Gasteiger charge is -2.34. The first-order valence-electron chi connectivity index (χ1n) is 5.73. The smallest absolute Gasteiger partial charge is 0.309 e. The first-order chi connectivity index (χ1) is 8.01. The molecule has 0 aliphatic heterocycles. The number of carbonyl (C=O) groups excluding carboxylic acids is 2. The second-order valence-electron chi connectivity index (χ2n) is 3.92. The fraction of sp³-hybridized carbons (Fsp3) is 0.667. The molecule has 0 aromatic heterocycles. The lowest BCUT2D eigenvalue weighted by molar-refractivity contribution is -0.155. The van der Waals surface area contributed by atoms with Gasteiger partial charge in [-0.25, -0.2) is 0 Å². The van der Waals surface area contributed by atoms with Crippen LogP contribution in [0, 0.1) is 0 Å². The fourth-order valence-electron chi connectivity index (χ4n) is 1.79. The summed E-state index contributed by atoms with van der Waals surface area (Å²) in [5.41, 5.74) is -1.45. The van der Waals surface area contributed by atoms with Gasteiger partial charge in [0.25, 0.3) is 0 Å². The van der Waals surface area contributed by atoms with Gasteiger partial charge in [0, 0.05) is 13.0 Å². The molecule has 0 fully saturated rings. The Kier molecular flexibility index (Phi) is 4.84. The van der Waals surface area contributed by atoms with Crippen LogP contribution in [0.1, 0.15) is 26.7 Å². The van der Waals surface area contributed by atoms with Gasteiger partial charge in [-0.05, 0) is 26.0 Å². The highest BCUT2D eigenvalue weighted by molar-refractivity contribution is 5.91. The van der Waals surface area contributed by atoms with Gasteiger partial charge in [0.1, 0.15) is 5.60 Å². The fourth-order valence-corrected chi connectivity index (χ4v) is 1.79. The van der Waals surface area contributed by atoms with Gasteiger partial charge < -0.3 is 14.6 Å². The second-order valence-corrected chi connectivity index (χ2v) is 3.92. The summed E-state index contributed by atoms with van der Waals surface area (Å²) in [6.45, 7) is 4.10. The Balaban J connectivity index is 2.77. The molecule has 0 bridgehead atoms. The molecule has 96 valence electrons. The summed E-state index contributed by atoms with van der Waals surface area (Å²) in [5.74, 6) is -0.615. The zero-order chi connectivity index (χ0) is 12.9. The molecule has 0 spiro atoms. The van der Waals surface area contributed by atoms with Crippen molar-refractivity contribution >= 4 is 11.8 Å². The van der Waals surface area contributed by atoms with Crippen molar-refractivity contribution < 1.29 is 24.2 Å². The summed E-state index contributed by atoms with van der Waals surface area (Å²) < 4.78 is 10.1. The topological polar surface area (TPSA) is 72.8 Å². The lowest BCUT2D eigenvalue weighted by Crippen LogP contribution is -2.47. The first kappa shape index (κ1) is 13.9. The summed E-state index contributed by atoms with van der Waals surface area (Å²) in [7, 11) is 0. The molecular formula is C12H18O5. The van der Waals surface area contributed by atoms with E-state index in [0.29, 0.717) is 6.61 Å². The molecule has 1 N–H and O–H groups in total. The standard InChI is InChI=1S/C12H18O5/c1-3-16-10-7-9(13)5-6-12(10,15)8-11(14)17-4-2/h5-6,10,15H,3-4,7-8H2,1-2H3/t10-,12+/m1/s1. The van der Waals surface area contributed by atoms with Crippen LogP contribution >= 0.6 is 0 Å². The number of ether oxygens (including phenoxy) is 2. The van der Waals surface area contributed by atoms with Gasteiger partial charge in [-0.15, -0.1) is 0 Å². The molecule has 0 aromatic carbocycles. The molecular weight excluding hydrogens is 224 g/mol. The summed E-state index contributed by atoms with van der Waals surface area (Å²) in [6, 6.07) is 0. The molecule has 5 heteroatoms. The van der Waals surface area contributed by atoms with Crippen molar-refractivity contribution in [2.24, 2.45) is 0 Å². The van der Waals surface area contributed by atoms with Crippen LogP contribution < -0.4 is 0 Å². The number of hydrogen-bond donors (Lipinski definition) is 1. The van der Waals surface area contributed by atoms with Crippen LogP contribution in [0.2, 0.25) is 0 Å². The first-order valence-corrected chi connectivity index (χ1v) is 5.73. The maximum Gasteiger partial charge on any atom is 0.309 e. The van der Waals surface area contributed by atoms with E-state index in [1.54, 1.807) is 13.8 Å². The molecule has 1 aliphatic carbocycles. The van der Waals surface area contributed by atoms with Crippen molar-refractivity contribution in [1.29, 1.82) is 0 Å². The van der Waals surface area contributed by atoms with E-state index in [1.807, 2.05) is 0 Å². The predicted molar refractivity (Wildman–Crippen MR) is 60.4 cm³/mol. The van der Waals surface area contributed by atoms with Gasteiger partial charge in [0.15, 0.2) is 5.78 Å². The highest BCUT2D eigenvalue weighted by Gasteiger charge is 2.41. The normalized spacial score (nSPS) is 28.2. The number of carbonyl (C=O) groups is 2. The van der Waals surface area contributed by atoms with Crippen LogP contribution in [0.5, 0.6) is 0 Å². The second kappa shape index (κ2) is 5.93. The average Bonchev–Trinajstić information content (AvgIpc) is 2.25. The molecule has 0 saturated carbocycles. The molecule has 0 heterocycles. The monoisotopic (exact) mass is 242 g/mol. The quantitative estimate of drug-likeness (QED) is 0.715. The minimum absolute atomic E-state index is 0.0836. The number of hydrogen-bond acceptors (Lipinski definition) is 5. The van der Waals surface area contributed by atoms with Crippen LogP contribution in [0.25, 0.3) is 0 Å². The van der Waals surface area contributed by atoms with Gasteiger partial charge in [0.05, 0.1) is 19.1 Å². The average molecular weight is 242 g/mol. The summed E-state index contributed by atoms with van der Waals surface area (Å²) in [4.78, 5) is 22.6. The minimum Gasteiger partial charge on any atom is -0.466 e. The minimum atomic E-state index is -1.45. The van der Waals surface area contributed by atoms with E-state index in [0.717, 1.165) is 0 Å². The molecule has 5 nitrogen and oxygen atoms in total. The van der Waals surface area contributed by atoms with E-state index in [4.69, 9.17) is 9.47 Å². The van der Waals surface area contributed by atoms with E-state index in [9.17, 15) is 14.7 Å². The Morgan fingerprint density at radius 3 is 2.82 bits per heavy atom. The third-order valence-electron chi connectivity index (χ3n) is 2.60. The molecule has 2 atom stereocenters. The zero-order valence-electron chi connectivity index (χ0n) is 10.1. The van der Waals surface area contributed by atoms with Gasteiger partial charge in [0.2, 0.25) is 0 Å². The molecule has 1 rings (SSSR count). The van der Waals surface area contributed by atoms with Gasteiger partial charge in [-0.2, -0.15) is 0 Å². The van der Waals surface area contributed by atoms with Gasteiger partial charge in [-0.1, -0.05) is 0 Å². The third-order valence-corrected chi connectivity index (χ3v) is 2.60. The summed E-state index contributed by atoms with van der Waals surface area (Å²) in [6.07, 6.45) is 1.81. The SMILES string of the molecule is CCOC(=O)C[C@@]1(O)C=CC(=O)C[C@H]1OCC. The summed E-state index contributed by atoms with van der Waals surface area (Å²) >= 11 is 0. The largest absolute Gasteiger partial charge is 0.466 e. The number of allylic oxidation sites excluding steroid dienone is 1. The van der Waals surface area contributed by atoms with Crippen LogP contribution in [-0.2, 0) is 19.1 Å². The van der Waals surface area contributed by atoms with Crippen LogP contribution in [0.15, 0.2) is 12.2 Å². The zero-order valence-corrected chi connectivity index (χ0v) is 10.1. The van der Waals surface area contributed by atoms with Crippen molar-refractivity contribution in [1.82, 2.24) is 0 Å². The van der Waals surface area contributed by atoms with E-state index >= 15 is 0 Å². The highest BCUT2D eigenvalue weighted by Crippen LogP contribution is 2.27. The van der Waals surface area contributed by atoms with E-state index in [2.05, 4.69) is 0 Å². The van der Waals surface area contributed by atoms with Crippen molar-refractivity contribution in [3.8, 4) is 0 Å². The molecule has 17 heavy (non-hydrogen) atoms. The maximum atomic E-state index is 11.4. The molecule has 0 amide bonds. The van der Waals surface area contributed by atoms with Crippen molar-refractivity contribution in [3.05, 3.63) is 12.2 Å². The molecule has 0 unspecified atom stereocenters. The Labute approximate surface area is 100 Å². The van der Waals surface area contributed by atoms with Crippen molar-refractivity contribution in [2.45, 2.75) is 38.4 Å². The van der Waals surface area contributed by atoms with E-state index < -0.39 is 17.7 Å². The van der Waals surface area contributed by atoms with Gasteiger partial charge >= 0.3 is 5.97 Å². The summed E-state index contributed by atoms with van der Waals surface area (Å²) in [5, 5.41) is 10.3. The third kappa shape index (κ3) is 3.64. The Morgan fingerprint density at radius 1 is 1.53 bits per heavy atom.